The van der Waals surface area contributed by atoms with Crippen molar-refractivity contribution in [1.82, 2.24) is 24.2 Å². The van der Waals surface area contributed by atoms with Crippen molar-refractivity contribution in [2.45, 2.75) is 88.9 Å². The van der Waals surface area contributed by atoms with E-state index < -0.39 is 15.6 Å². The van der Waals surface area contributed by atoms with Gasteiger partial charge in [0.25, 0.3) is 5.56 Å². The smallest absolute Gasteiger partial charge is 0.410 e. The van der Waals surface area contributed by atoms with E-state index in [1.807, 2.05) is 27.7 Å². The molecule has 3 aromatic rings. The van der Waals surface area contributed by atoms with Gasteiger partial charge in [-0.2, -0.15) is 4.98 Å². The molecule has 1 saturated heterocycles. The van der Waals surface area contributed by atoms with E-state index in [1.54, 1.807) is 39.9 Å². The first kappa shape index (κ1) is 31.9. The lowest BCUT2D eigenvalue weighted by molar-refractivity contribution is -0.00980. The number of sulfonamides is 1. The van der Waals surface area contributed by atoms with Gasteiger partial charge in [0.1, 0.15) is 11.2 Å². The van der Waals surface area contributed by atoms with Crippen LogP contribution in [0.2, 0.25) is 0 Å². The third-order valence-corrected chi connectivity index (χ3v) is 9.41. The van der Waals surface area contributed by atoms with Crippen molar-refractivity contribution >= 4 is 38.8 Å². The average Bonchev–Trinajstić information content (AvgIpc) is 3.50. The van der Waals surface area contributed by atoms with E-state index in [1.165, 1.54) is 6.07 Å². The molecule has 2 fully saturated rings. The van der Waals surface area contributed by atoms with Crippen molar-refractivity contribution in [1.29, 1.82) is 0 Å². The lowest BCUT2D eigenvalue weighted by atomic mass is 10.1. The van der Waals surface area contributed by atoms with Gasteiger partial charge in [-0.3, -0.25) is 9.36 Å². The second-order valence-corrected chi connectivity index (χ2v) is 14.3. The fourth-order valence-corrected chi connectivity index (χ4v) is 6.79. The zero-order valence-corrected chi connectivity index (χ0v) is 26.7. The number of nitrogens with zero attached hydrogens (tertiary/aromatic N) is 4. The zero-order valence-electron chi connectivity index (χ0n) is 25.8. The normalized spacial score (nSPS) is 16.9. The number of amides is 1. The molecule has 2 aromatic heterocycles. The highest BCUT2D eigenvalue weighted by molar-refractivity contribution is 7.89. The molecule has 2 N–H and O–H groups in total. The van der Waals surface area contributed by atoms with Crippen LogP contribution in [-0.2, 0) is 19.5 Å². The third-order valence-electron chi connectivity index (χ3n) is 7.95. The van der Waals surface area contributed by atoms with E-state index in [4.69, 9.17) is 9.47 Å². The summed E-state index contributed by atoms with van der Waals surface area (Å²) in [5.41, 5.74) is 1.35. The number of aryl methyl sites for hydroxylation is 1. The van der Waals surface area contributed by atoms with Crippen molar-refractivity contribution in [3.8, 4) is 0 Å². The van der Waals surface area contributed by atoms with Gasteiger partial charge in [0.05, 0.1) is 17.6 Å². The number of carbonyl (C=O) groups excluding carboxylic acids is 1. The van der Waals surface area contributed by atoms with Crippen molar-refractivity contribution in [2.75, 3.05) is 31.6 Å². The Morgan fingerprint density at radius 3 is 2.48 bits per heavy atom. The summed E-state index contributed by atoms with van der Waals surface area (Å²) in [4.78, 5) is 35.9. The van der Waals surface area contributed by atoms with Crippen LogP contribution in [0.1, 0.15) is 70.9 Å². The van der Waals surface area contributed by atoms with Crippen molar-refractivity contribution in [3.63, 3.8) is 0 Å². The summed E-state index contributed by atoms with van der Waals surface area (Å²) in [7, 11) is -3.76. The predicted octanol–water partition coefficient (Wildman–Crippen LogP) is 4.65. The molecule has 238 valence electrons. The number of ether oxygens (including phenoxy) is 2. The summed E-state index contributed by atoms with van der Waals surface area (Å²) in [6.07, 6.45) is 6.75. The molecule has 1 aliphatic carbocycles. The maximum absolute atomic E-state index is 13.0. The maximum Gasteiger partial charge on any atom is 0.410 e. The largest absolute Gasteiger partial charge is 0.444 e. The van der Waals surface area contributed by atoms with Gasteiger partial charge in [-0.1, -0.05) is 12.8 Å². The minimum atomic E-state index is -3.76. The Bertz CT molecular complexity index is 1650. The molecule has 44 heavy (non-hydrogen) atoms. The topological polar surface area (TPSA) is 145 Å². The molecular weight excluding hydrogens is 584 g/mol. The molecule has 0 spiro atoms. The number of aromatic nitrogens is 3. The number of nitrogens with one attached hydrogen (secondary N) is 2. The molecule has 1 saturated carbocycles. The summed E-state index contributed by atoms with van der Waals surface area (Å²) in [6, 6.07) is 8.24. The first-order chi connectivity index (χ1) is 20.9. The van der Waals surface area contributed by atoms with Crippen LogP contribution in [0.25, 0.3) is 11.0 Å². The van der Waals surface area contributed by atoms with E-state index in [-0.39, 0.29) is 41.8 Å². The number of carbonyl (C=O) groups is 1. The monoisotopic (exact) mass is 626 g/mol. The van der Waals surface area contributed by atoms with Gasteiger partial charge in [0, 0.05) is 49.0 Å². The van der Waals surface area contributed by atoms with Gasteiger partial charge in [0.15, 0.2) is 0 Å². The predicted molar refractivity (Wildman–Crippen MR) is 168 cm³/mol. The van der Waals surface area contributed by atoms with Crippen LogP contribution in [-0.4, -0.2) is 71.9 Å². The number of likely N-dealkylation sites (tertiary alicyclic amines) is 1. The number of hydrogen-bond donors (Lipinski definition) is 2. The molecular formula is C31H42N6O6S. The van der Waals surface area contributed by atoms with E-state index in [0.29, 0.717) is 48.8 Å². The van der Waals surface area contributed by atoms with Crippen LogP contribution in [0.4, 0.5) is 16.4 Å². The van der Waals surface area contributed by atoms with E-state index in [9.17, 15) is 18.0 Å². The first-order valence-electron chi connectivity index (χ1n) is 15.2. The van der Waals surface area contributed by atoms with Gasteiger partial charge in [-0.25, -0.2) is 22.9 Å². The van der Waals surface area contributed by atoms with Gasteiger partial charge in [0.2, 0.25) is 16.0 Å². The standard InChI is InChI=1S/C31H42N6O6S/c1-21-19-25(44(40,41)33-15-18-42-24-13-16-36(17-14-24)30(39)43-31(2,3)4)10-11-26(21)34-29-32-20-22-9-12-27(38)37(28(22)35-29)23-7-5-6-8-23/h9-12,19-20,23-24,33H,5-8,13-18H2,1-4H3,(H,32,34,35). The fourth-order valence-electron chi connectivity index (χ4n) is 5.69. The Hall–Kier alpha value is -3.55. The lowest BCUT2D eigenvalue weighted by Crippen LogP contribution is -2.43. The molecule has 0 bridgehead atoms. The Balaban J connectivity index is 1.15. The van der Waals surface area contributed by atoms with E-state index in [2.05, 4.69) is 20.0 Å². The van der Waals surface area contributed by atoms with Crippen LogP contribution in [0, 0.1) is 6.92 Å². The second kappa shape index (κ2) is 13.2. The molecule has 3 heterocycles. The molecule has 12 nitrogen and oxygen atoms in total. The quantitative estimate of drug-likeness (QED) is 0.324. The highest BCUT2D eigenvalue weighted by atomic mass is 32.2. The zero-order chi connectivity index (χ0) is 31.5. The second-order valence-electron chi connectivity index (χ2n) is 12.5. The summed E-state index contributed by atoms with van der Waals surface area (Å²) >= 11 is 0. The molecule has 1 aliphatic heterocycles. The summed E-state index contributed by atoms with van der Waals surface area (Å²) < 4.78 is 41.6. The van der Waals surface area contributed by atoms with Crippen LogP contribution < -0.4 is 15.6 Å². The molecule has 2 aliphatic rings. The average molecular weight is 627 g/mol. The van der Waals surface area contributed by atoms with Crippen LogP contribution >= 0.6 is 0 Å². The Morgan fingerprint density at radius 1 is 1.07 bits per heavy atom. The first-order valence-corrected chi connectivity index (χ1v) is 16.7. The number of rotatable bonds is 9. The SMILES string of the molecule is Cc1cc(S(=O)(=O)NCCOC2CCN(C(=O)OC(C)(C)C)CC2)ccc1Nc1ncc2ccc(=O)n(C3CCCC3)c2n1. The van der Waals surface area contributed by atoms with Crippen LogP contribution in [0.5, 0.6) is 0 Å². The molecule has 0 atom stereocenters. The van der Waals surface area contributed by atoms with Gasteiger partial charge >= 0.3 is 6.09 Å². The summed E-state index contributed by atoms with van der Waals surface area (Å²) in [5.74, 6) is 0.334. The Kier molecular flexibility index (Phi) is 9.56. The van der Waals surface area contributed by atoms with Gasteiger partial charge in [-0.05, 0) is 83.2 Å². The minimum absolute atomic E-state index is 0.0454. The van der Waals surface area contributed by atoms with Gasteiger partial charge < -0.3 is 19.7 Å². The maximum atomic E-state index is 13.0. The fraction of sp³-hybridized carbons (Fsp3) is 0.548. The summed E-state index contributed by atoms with van der Waals surface area (Å²) in [6.45, 7) is 8.75. The number of piperidine rings is 1. The van der Waals surface area contributed by atoms with E-state index in [0.717, 1.165) is 31.1 Å². The van der Waals surface area contributed by atoms with Crippen molar-refractivity contribution < 1.29 is 22.7 Å². The van der Waals surface area contributed by atoms with Gasteiger partial charge in [-0.15, -0.1) is 0 Å². The highest BCUT2D eigenvalue weighted by Crippen LogP contribution is 2.30. The number of hydrogen-bond acceptors (Lipinski definition) is 9. The van der Waals surface area contributed by atoms with E-state index >= 15 is 0 Å². The third kappa shape index (κ3) is 7.74. The Morgan fingerprint density at radius 2 is 1.80 bits per heavy atom. The number of pyridine rings is 1. The minimum Gasteiger partial charge on any atom is -0.444 e. The number of fused-ring (bicyclic) bond motifs is 1. The number of anilines is 2. The molecule has 5 rings (SSSR count). The molecule has 0 unspecified atom stereocenters. The summed E-state index contributed by atoms with van der Waals surface area (Å²) in [5, 5.41) is 3.98. The van der Waals surface area contributed by atoms with Crippen molar-refractivity contribution in [2.24, 2.45) is 0 Å². The highest BCUT2D eigenvalue weighted by Gasteiger charge is 2.27. The molecule has 1 aromatic carbocycles. The molecule has 13 heteroatoms. The number of benzene rings is 1. The lowest BCUT2D eigenvalue weighted by Gasteiger charge is -2.33. The molecule has 0 radical (unpaired) electrons. The van der Waals surface area contributed by atoms with Crippen LogP contribution in [0.15, 0.2) is 46.2 Å². The molecule has 1 amide bonds. The van der Waals surface area contributed by atoms with Crippen LogP contribution in [0.3, 0.4) is 0 Å². The Labute approximate surface area is 258 Å². The van der Waals surface area contributed by atoms with Crippen molar-refractivity contribution in [3.05, 3.63) is 52.4 Å².